The van der Waals surface area contributed by atoms with E-state index in [0.29, 0.717) is 31.3 Å². The van der Waals surface area contributed by atoms with E-state index in [1.807, 2.05) is 6.92 Å². The normalized spacial score (nSPS) is 36.4. The Kier molecular flexibility index (Phi) is 9.63. The molecule has 8 nitrogen and oxygen atoms in total. The molecule has 8 heteroatoms. The summed E-state index contributed by atoms with van der Waals surface area (Å²) in [7, 11) is 0. The van der Waals surface area contributed by atoms with Crippen LogP contribution in [0.15, 0.2) is 36.0 Å². The van der Waals surface area contributed by atoms with Crippen molar-refractivity contribution >= 4 is 17.9 Å². The molecule has 0 aromatic rings. The Bertz CT molecular complexity index is 983. The molecule has 8 atom stereocenters. The Hall–Kier alpha value is -2.45. The minimum atomic E-state index is -1.17. The number of aliphatic hydroxyl groups excluding tert-OH is 1. The first kappa shape index (κ1) is 30.1. The largest absolute Gasteiger partial charge is 0.458 e. The molecule has 0 bridgehead atoms. The highest BCUT2D eigenvalue weighted by Gasteiger charge is 2.71. The van der Waals surface area contributed by atoms with Crippen molar-refractivity contribution in [3.8, 4) is 0 Å². The standard InChI is InChI=1S/C30H44O8/c1-8-10-11-12-26(34)37-22-16-23-27(35-20(5)31)38-28(36-21(6)32)30(23)24(17-22)29(7,14-13-18(3)9-2)19(4)15-25(30)33/h9,13,16,19,22,24-25,27-28,33H,2,8,10-12,14-15,17H2,1,3-7H3/b18-13+/t19-,22+,24-,25+,27+,28-,29+,30+/m1/s1. The Morgan fingerprint density at radius 2 is 1.82 bits per heavy atom. The maximum Gasteiger partial charge on any atom is 0.306 e. The van der Waals surface area contributed by atoms with Crippen LogP contribution in [-0.2, 0) is 33.3 Å². The van der Waals surface area contributed by atoms with Crippen molar-refractivity contribution < 1.29 is 38.4 Å². The summed E-state index contributed by atoms with van der Waals surface area (Å²) in [6.07, 6.45) is 6.32. The van der Waals surface area contributed by atoms with Gasteiger partial charge < -0.3 is 19.3 Å². The molecule has 38 heavy (non-hydrogen) atoms. The third-order valence-corrected chi connectivity index (χ3v) is 8.85. The highest BCUT2D eigenvalue weighted by atomic mass is 16.8. The van der Waals surface area contributed by atoms with E-state index in [2.05, 4.69) is 33.4 Å². The van der Waals surface area contributed by atoms with Gasteiger partial charge in [0.1, 0.15) is 6.10 Å². The molecule has 212 valence electrons. The third-order valence-electron chi connectivity index (χ3n) is 8.85. The molecule has 1 spiro atoms. The van der Waals surface area contributed by atoms with Gasteiger partial charge in [-0.3, -0.25) is 19.1 Å². The fourth-order valence-electron chi connectivity index (χ4n) is 6.62. The van der Waals surface area contributed by atoms with Gasteiger partial charge in [0.05, 0.1) is 11.5 Å². The highest BCUT2D eigenvalue weighted by molar-refractivity contribution is 5.70. The van der Waals surface area contributed by atoms with Gasteiger partial charge in [0.2, 0.25) is 12.6 Å². The molecule has 1 N–H and O–H groups in total. The van der Waals surface area contributed by atoms with Crippen LogP contribution in [0.5, 0.6) is 0 Å². The molecule has 1 saturated heterocycles. The first-order chi connectivity index (χ1) is 17.9. The lowest BCUT2D eigenvalue weighted by Crippen LogP contribution is -2.63. The van der Waals surface area contributed by atoms with Gasteiger partial charge in [-0.2, -0.15) is 0 Å². The summed E-state index contributed by atoms with van der Waals surface area (Å²) in [6, 6.07) is 0. The summed E-state index contributed by atoms with van der Waals surface area (Å²) in [5.41, 5.74) is -0.0331. The van der Waals surface area contributed by atoms with Gasteiger partial charge in [-0.1, -0.05) is 57.9 Å². The Morgan fingerprint density at radius 3 is 2.42 bits per heavy atom. The fraction of sp³-hybridized carbons (Fsp3) is 0.700. The summed E-state index contributed by atoms with van der Waals surface area (Å²) in [6.45, 7) is 14.8. The molecule has 1 heterocycles. The number of allylic oxidation sites excluding steroid dienone is 3. The predicted octanol–water partition coefficient (Wildman–Crippen LogP) is 5.15. The van der Waals surface area contributed by atoms with E-state index < -0.39 is 47.6 Å². The van der Waals surface area contributed by atoms with E-state index in [4.69, 9.17) is 18.9 Å². The van der Waals surface area contributed by atoms with E-state index in [1.165, 1.54) is 13.8 Å². The van der Waals surface area contributed by atoms with Gasteiger partial charge in [0, 0.05) is 25.8 Å². The summed E-state index contributed by atoms with van der Waals surface area (Å²) in [4.78, 5) is 37.0. The van der Waals surface area contributed by atoms with Gasteiger partial charge in [-0.25, -0.2) is 0 Å². The number of esters is 3. The zero-order valence-electron chi connectivity index (χ0n) is 23.7. The highest BCUT2D eigenvalue weighted by Crippen LogP contribution is 2.67. The number of carbonyl (C=O) groups excluding carboxylic acids is 3. The van der Waals surface area contributed by atoms with Gasteiger partial charge >= 0.3 is 17.9 Å². The van der Waals surface area contributed by atoms with Gasteiger partial charge in [0.25, 0.3) is 0 Å². The molecular formula is C30H44O8. The minimum Gasteiger partial charge on any atom is -0.458 e. The molecule has 0 aromatic carbocycles. The first-order valence-electron chi connectivity index (χ1n) is 13.8. The second-order valence-electron chi connectivity index (χ2n) is 11.4. The van der Waals surface area contributed by atoms with Crippen LogP contribution in [0.25, 0.3) is 0 Å². The monoisotopic (exact) mass is 532 g/mol. The molecule has 2 fully saturated rings. The van der Waals surface area contributed by atoms with Crippen molar-refractivity contribution in [1.29, 1.82) is 0 Å². The zero-order valence-corrected chi connectivity index (χ0v) is 23.7. The molecule has 3 aliphatic rings. The average molecular weight is 533 g/mol. The Balaban J connectivity index is 2.14. The van der Waals surface area contributed by atoms with Crippen LogP contribution in [0.4, 0.5) is 0 Å². The maximum absolute atomic E-state index is 12.7. The van der Waals surface area contributed by atoms with Crippen LogP contribution in [0.3, 0.4) is 0 Å². The molecule has 0 radical (unpaired) electrons. The molecular weight excluding hydrogens is 488 g/mol. The molecule has 1 aliphatic heterocycles. The fourth-order valence-corrected chi connectivity index (χ4v) is 6.62. The van der Waals surface area contributed by atoms with E-state index in [1.54, 1.807) is 12.2 Å². The SMILES string of the molecule is C=C/C(C)=C/C[C@@]1(C)[C@H](C)C[C@H](O)[C@]23C(=C[C@H](OC(=O)CCCCC)C[C@H]12)[C@@H](OC(C)=O)O[C@H]3OC(C)=O. The summed E-state index contributed by atoms with van der Waals surface area (Å²) < 4.78 is 23.2. The van der Waals surface area contributed by atoms with Crippen LogP contribution in [0.1, 0.15) is 86.5 Å². The van der Waals surface area contributed by atoms with Crippen molar-refractivity contribution in [3.05, 3.63) is 36.0 Å². The molecule has 3 rings (SSSR count). The van der Waals surface area contributed by atoms with Crippen molar-refractivity contribution in [2.24, 2.45) is 22.7 Å². The van der Waals surface area contributed by atoms with Crippen LogP contribution in [-0.4, -0.2) is 47.8 Å². The van der Waals surface area contributed by atoms with Gasteiger partial charge in [0.15, 0.2) is 0 Å². The zero-order chi connectivity index (χ0) is 28.3. The molecule has 0 unspecified atom stereocenters. The number of aliphatic hydroxyl groups is 1. The van der Waals surface area contributed by atoms with Gasteiger partial charge in [-0.05, 0) is 55.9 Å². The van der Waals surface area contributed by atoms with E-state index in [-0.39, 0.29) is 17.8 Å². The molecule has 0 amide bonds. The quantitative estimate of drug-likeness (QED) is 0.135. The van der Waals surface area contributed by atoms with Crippen LogP contribution >= 0.6 is 0 Å². The van der Waals surface area contributed by atoms with Crippen LogP contribution in [0, 0.1) is 22.7 Å². The second-order valence-corrected chi connectivity index (χ2v) is 11.4. The number of rotatable bonds is 10. The van der Waals surface area contributed by atoms with Gasteiger partial charge in [-0.15, -0.1) is 0 Å². The maximum atomic E-state index is 12.7. The predicted molar refractivity (Wildman–Crippen MR) is 141 cm³/mol. The minimum absolute atomic E-state index is 0.0769. The topological polar surface area (TPSA) is 108 Å². The average Bonchev–Trinajstić information content (AvgIpc) is 3.13. The van der Waals surface area contributed by atoms with E-state index in [9.17, 15) is 19.5 Å². The molecule has 2 aliphatic carbocycles. The lowest BCUT2D eigenvalue weighted by molar-refractivity contribution is -0.254. The van der Waals surface area contributed by atoms with Crippen molar-refractivity contribution in [2.45, 2.75) is 111 Å². The van der Waals surface area contributed by atoms with E-state index in [0.717, 1.165) is 24.8 Å². The number of carbonyl (C=O) groups is 3. The molecule has 1 saturated carbocycles. The van der Waals surface area contributed by atoms with Crippen molar-refractivity contribution in [3.63, 3.8) is 0 Å². The number of hydrogen-bond acceptors (Lipinski definition) is 8. The lowest BCUT2D eigenvalue weighted by atomic mass is 9.45. The third kappa shape index (κ3) is 5.76. The number of ether oxygens (including phenoxy) is 4. The van der Waals surface area contributed by atoms with E-state index >= 15 is 0 Å². The first-order valence-corrected chi connectivity index (χ1v) is 13.8. The van der Waals surface area contributed by atoms with Crippen molar-refractivity contribution in [2.75, 3.05) is 0 Å². The molecule has 0 aromatic heterocycles. The summed E-state index contributed by atoms with van der Waals surface area (Å²) in [5, 5.41) is 11.7. The second kappa shape index (κ2) is 12.2. The summed E-state index contributed by atoms with van der Waals surface area (Å²) in [5.74, 6) is -1.67. The Morgan fingerprint density at radius 1 is 1.13 bits per heavy atom. The number of hydrogen-bond donors (Lipinski definition) is 1. The summed E-state index contributed by atoms with van der Waals surface area (Å²) >= 11 is 0. The van der Waals surface area contributed by atoms with Crippen LogP contribution in [0.2, 0.25) is 0 Å². The Labute approximate surface area is 226 Å². The number of unbranched alkanes of at least 4 members (excludes halogenated alkanes) is 2. The van der Waals surface area contributed by atoms with Crippen molar-refractivity contribution in [1.82, 2.24) is 0 Å². The van der Waals surface area contributed by atoms with Crippen LogP contribution < -0.4 is 0 Å². The lowest BCUT2D eigenvalue weighted by Gasteiger charge is -2.60. The smallest absolute Gasteiger partial charge is 0.306 e.